The summed E-state index contributed by atoms with van der Waals surface area (Å²) in [7, 11) is 5.26. The molecule has 0 aliphatic heterocycles. The molecule has 0 bridgehead atoms. The summed E-state index contributed by atoms with van der Waals surface area (Å²) in [5.74, 6) is 0.153. The van der Waals surface area contributed by atoms with Gasteiger partial charge in [0.05, 0.1) is 7.85 Å². The molecule has 2 nitrogen and oxygen atoms in total. The summed E-state index contributed by atoms with van der Waals surface area (Å²) in [6, 6.07) is 0. The van der Waals surface area contributed by atoms with E-state index in [2.05, 4.69) is 12.2 Å². The second-order valence-electron chi connectivity index (χ2n) is 2.60. The SMILES string of the molecule is [B]CCCNC(=O)CCCC. The maximum Gasteiger partial charge on any atom is 0.219 e. The lowest BCUT2D eigenvalue weighted by molar-refractivity contribution is -0.121. The fraction of sp³-hybridized carbons (Fsp3) is 0.875. The Labute approximate surface area is 70.2 Å². The lowest BCUT2D eigenvalue weighted by Gasteiger charge is -2.02. The molecular formula is C8H16BNO. The third kappa shape index (κ3) is 7.43. The molecule has 62 valence electrons. The van der Waals surface area contributed by atoms with Crippen molar-refractivity contribution in [3.05, 3.63) is 0 Å². The van der Waals surface area contributed by atoms with Crippen LogP contribution in [0, 0.1) is 0 Å². The van der Waals surface area contributed by atoms with Crippen LogP contribution in [0.4, 0.5) is 0 Å². The number of hydrogen-bond donors (Lipinski definition) is 1. The van der Waals surface area contributed by atoms with Gasteiger partial charge in [0.2, 0.25) is 5.91 Å². The van der Waals surface area contributed by atoms with E-state index >= 15 is 0 Å². The van der Waals surface area contributed by atoms with Crippen LogP contribution < -0.4 is 5.32 Å². The molecule has 0 saturated carbocycles. The summed E-state index contributed by atoms with van der Waals surface area (Å²) in [6.45, 7) is 2.80. The van der Waals surface area contributed by atoms with Gasteiger partial charge in [-0.3, -0.25) is 4.79 Å². The van der Waals surface area contributed by atoms with Gasteiger partial charge in [-0.25, -0.2) is 0 Å². The van der Waals surface area contributed by atoms with E-state index < -0.39 is 0 Å². The van der Waals surface area contributed by atoms with Gasteiger partial charge in [-0.15, -0.1) is 0 Å². The van der Waals surface area contributed by atoms with Crippen molar-refractivity contribution in [1.82, 2.24) is 5.32 Å². The predicted octanol–water partition coefficient (Wildman–Crippen LogP) is 1.27. The van der Waals surface area contributed by atoms with E-state index in [0.717, 1.165) is 25.8 Å². The Kier molecular flexibility index (Phi) is 7.32. The van der Waals surface area contributed by atoms with Gasteiger partial charge in [-0.05, 0) is 12.8 Å². The van der Waals surface area contributed by atoms with E-state index in [1.807, 2.05) is 0 Å². The van der Waals surface area contributed by atoms with E-state index in [1.54, 1.807) is 0 Å². The number of nitrogens with one attached hydrogen (secondary N) is 1. The summed E-state index contributed by atoms with van der Waals surface area (Å²) >= 11 is 0. The van der Waals surface area contributed by atoms with Crippen molar-refractivity contribution in [1.29, 1.82) is 0 Å². The average molecular weight is 153 g/mol. The molecule has 0 saturated heterocycles. The predicted molar refractivity (Wildman–Crippen MR) is 47.7 cm³/mol. The lowest BCUT2D eigenvalue weighted by Crippen LogP contribution is -2.23. The van der Waals surface area contributed by atoms with Crippen LogP contribution in [0.2, 0.25) is 6.32 Å². The Balaban J connectivity index is 3.09. The Bertz CT molecular complexity index is 106. The molecule has 0 aromatic heterocycles. The Morgan fingerprint density at radius 2 is 2.18 bits per heavy atom. The van der Waals surface area contributed by atoms with Gasteiger partial charge in [-0.1, -0.05) is 19.7 Å². The molecule has 0 spiro atoms. The minimum absolute atomic E-state index is 0.153. The van der Waals surface area contributed by atoms with Gasteiger partial charge >= 0.3 is 0 Å². The molecule has 0 rings (SSSR count). The zero-order valence-corrected chi connectivity index (χ0v) is 7.23. The van der Waals surface area contributed by atoms with Crippen LogP contribution in [0.25, 0.3) is 0 Å². The molecule has 11 heavy (non-hydrogen) atoms. The first-order chi connectivity index (χ1) is 5.31. The Morgan fingerprint density at radius 1 is 1.45 bits per heavy atom. The average Bonchev–Trinajstić information content (AvgIpc) is 2.01. The minimum atomic E-state index is 0.153. The summed E-state index contributed by atoms with van der Waals surface area (Å²) in [5.41, 5.74) is 0. The normalized spacial score (nSPS) is 9.55. The van der Waals surface area contributed by atoms with Crippen LogP contribution in [-0.4, -0.2) is 20.3 Å². The molecule has 0 atom stereocenters. The largest absolute Gasteiger partial charge is 0.356 e. The Hall–Kier alpha value is -0.465. The summed E-state index contributed by atoms with van der Waals surface area (Å²) < 4.78 is 0. The van der Waals surface area contributed by atoms with E-state index in [9.17, 15) is 4.79 Å². The highest BCUT2D eigenvalue weighted by atomic mass is 16.1. The molecule has 0 fully saturated rings. The lowest BCUT2D eigenvalue weighted by atomic mass is 10.0. The standard InChI is InChI=1S/C8H16BNO/c1-2-3-5-8(11)10-7-4-6-9/h2-7H2,1H3,(H,10,11). The van der Waals surface area contributed by atoms with Crippen LogP contribution in [0.15, 0.2) is 0 Å². The van der Waals surface area contributed by atoms with Crippen LogP contribution in [0.3, 0.4) is 0 Å². The first kappa shape index (κ1) is 10.5. The fourth-order valence-corrected chi connectivity index (χ4v) is 0.756. The van der Waals surface area contributed by atoms with E-state index in [4.69, 9.17) is 7.85 Å². The Morgan fingerprint density at radius 3 is 2.73 bits per heavy atom. The minimum Gasteiger partial charge on any atom is -0.356 e. The highest BCUT2D eigenvalue weighted by Crippen LogP contribution is 1.93. The first-order valence-electron chi connectivity index (χ1n) is 4.28. The van der Waals surface area contributed by atoms with Crippen molar-refractivity contribution < 1.29 is 4.79 Å². The van der Waals surface area contributed by atoms with Crippen LogP contribution in [0.5, 0.6) is 0 Å². The van der Waals surface area contributed by atoms with Crippen molar-refractivity contribution in [3.63, 3.8) is 0 Å². The van der Waals surface area contributed by atoms with E-state index in [1.165, 1.54) is 0 Å². The highest BCUT2D eigenvalue weighted by Gasteiger charge is 1.96. The summed E-state index contributed by atoms with van der Waals surface area (Å²) in [6.07, 6.45) is 4.23. The molecule has 3 heteroatoms. The quantitative estimate of drug-likeness (QED) is 0.451. The second kappa shape index (κ2) is 7.64. The molecule has 1 N–H and O–H groups in total. The zero-order valence-electron chi connectivity index (χ0n) is 7.23. The van der Waals surface area contributed by atoms with Gasteiger partial charge in [0, 0.05) is 13.0 Å². The molecule has 1 amide bonds. The monoisotopic (exact) mass is 153 g/mol. The van der Waals surface area contributed by atoms with E-state index in [0.29, 0.717) is 12.7 Å². The van der Waals surface area contributed by atoms with Crippen molar-refractivity contribution in [2.45, 2.75) is 38.9 Å². The number of hydrogen-bond acceptors (Lipinski definition) is 1. The molecule has 0 aromatic carbocycles. The smallest absolute Gasteiger partial charge is 0.219 e. The number of carbonyl (C=O) groups is 1. The van der Waals surface area contributed by atoms with Crippen molar-refractivity contribution in [2.24, 2.45) is 0 Å². The number of carbonyl (C=O) groups excluding carboxylic acids is 1. The maximum absolute atomic E-state index is 10.9. The highest BCUT2D eigenvalue weighted by molar-refractivity contribution is 6.08. The molecule has 2 radical (unpaired) electrons. The molecule has 0 heterocycles. The third-order valence-corrected chi connectivity index (χ3v) is 1.46. The fourth-order valence-electron chi connectivity index (χ4n) is 0.756. The number of rotatable bonds is 6. The van der Waals surface area contributed by atoms with Gasteiger partial charge in [0.1, 0.15) is 0 Å². The van der Waals surface area contributed by atoms with Crippen LogP contribution >= 0.6 is 0 Å². The van der Waals surface area contributed by atoms with Crippen LogP contribution in [-0.2, 0) is 4.79 Å². The summed E-state index contributed by atoms with van der Waals surface area (Å²) in [5, 5.41) is 2.80. The van der Waals surface area contributed by atoms with Gasteiger partial charge in [0.15, 0.2) is 0 Å². The summed E-state index contributed by atoms with van der Waals surface area (Å²) in [4.78, 5) is 10.9. The second-order valence-corrected chi connectivity index (χ2v) is 2.60. The number of amides is 1. The topological polar surface area (TPSA) is 29.1 Å². The molecule has 0 aliphatic carbocycles. The number of unbranched alkanes of at least 4 members (excludes halogenated alkanes) is 1. The molecule has 0 aliphatic rings. The maximum atomic E-state index is 10.9. The molecular weight excluding hydrogens is 137 g/mol. The van der Waals surface area contributed by atoms with Crippen molar-refractivity contribution in [3.8, 4) is 0 Å². The van der Waals surface area contributed by atoms with Crippen molar-refractivity contribution in [2.75, 3.05) is 6.54 Å². The molecule has 0 unspecified atom stereocenters. The van der Waals surface area contributed by atoms with Gasteiger partial charge in [0.25, 0.3) is 0 Å². The van der Waals surface area contributed by atoms with Crippen molar-refractivity contribution >= 4 is 13.8 Å². The van der Waals surface area contributed by atoms with Gasteiger partial charge in [-0.2, -0.15) is 0 Å². The third-order valence-electron chi connectivity index (χ3n) is 1.46. The van der Waals surface area contributed by atoms with Crippen LogP contribution in [0.1, 0.15) is 32.6 Å². The zero-order chi connectivity index (χ0) is 8.53. The van der Waals surface area contributed by atoms with E-state index in [-0.39, 0.29) is 5.91 Å². The molecule has 0 aromatic rings. The van der Waals surface area contributed by atoms with Gasteiger partial charge < -0.3 is 5.32 Å². The first-order valence-corrected chi connectivity index (χ1v) is 4.28.